The number of hydrogen-bond donors (Lipinski definition) is 1. The van der Waals surface area contributed by atoms with Gasteiger partial charge in [0.2, 0.25) is 0 Å². The van der Waals surface area contributed by atoms with Crippen LogP contribution in [0.1, 0.15) is 63.6 Å². The molecule has 1 aromatic heterocycles. The third-order valence-electron chi connectivity index (χ3n) is 4.06. The molecule has 0 unspecified atom stereocenters. The molecule has 3 heteroatoms. The van der Waals surface area contributed by atoms with Crippen molar-refractivity contribution in [2.75, 3.05) is 18.0 Å². The highest BCUT2D eigenvalue weighted by atomic mass is 15.2. The molecule has 1 aliphatic carbocycles. The summed E-state index contributed by atoms with van der Waals surface area (Å²) in [6.07, 6.45) is 7.66. The summed E-state index contributed by atoms with van der Waals surface area (Å²) < 4.78 is 0. The lowest BCUT2D eigenvalue weighted by molar-refractivity contribution is 0.665. The number of hydrogen-bond acceptors (Lipinski definition) is 3. The molecule has 0 amide bonds. The first-order chi connectivity index (χ1) is 10.2. The van der Waals surface area contributed by atoms with E-state index >= 15 is 0 Å². The molecule has 0 spiro atoms. The SMILES string of the molecule is CCCCN(CCCC)c1cc(CNC2CC2)cc(C)n1. The molecule has 1 saturated carbocycles. The van der Waals surface area contributed by atoms with E-state index in [0.717, 1.165) is 31.4 Å². The van der Waals surface area contributed by atoms with Gasteiger partial charge in [-0.25, -0.2) is 4.98 Å². The Morgan fingerprint density at radius 2 is 1.81 bits per heavy atom. The minimum atomic E-state index is 0.762. The van der Waals surface area contributed by atoms with E-state index in [4.69, 9.17) is 4.98 Å². The molecule has 3 nitrogen and oxygen atoms in total. The summed E-state index contributed by atoms with van der Waals surface area (Å²) in [4.78, 5) is 7.25. The predicted molar refractivity (Wildman–Crippen MR) is 90.9 cm³/mol. The van der Waals surface area contributed by atoms with Crippen LogP contribution >= 0.6 is 0 Å². The summed E-state index contributed by atoms with van der Waals surface area (Å²) in [6, 6.07) is 5.27. The molecule has 21 heavy (non-hydrogen) atoms. The Morgan fingerprint density at radius 1 is 1.14 bits per heavy atom. The van der Waals surface area contributed by atoms with Gasteiger partial charge >= 0.3 is 0 Å². The zero-order valence-corrected chi connectivity index (χ0v) is 14.0. The standard InChI is InChI=1S/C18H31N3/c1-4-6-10-21(11-7-5-2)18-13-16(12-15(3)20-18)14-19-17-8-9-17/h12-13,17,19H,4-11,14H2,1-3H3. The van der Waals surface area contributed by atoms with Gasteiger partial charge in [-0.3, -0.25) is 0 Å². The van der Waals surface area contributed by atoms with Gasteiger partial charge in [0.05, 0.1) is 0 Å². The summed E-state index contributed by atoms with van der Waals surface area (Å²) in [5, 5.41) is 3.61. The maximum Gasteiger partial charge on any atom is 0.129 e. The van der Waals surface area contributed by atoms with Crippen molar-refractivity contribution >= 4 is 5.82 Å². The lowest BCUT2D eigenvalue weighted by atomic mass is 10.2. The van der Waals surface area contributed by atoms with Crippen molar-refractivity contribution in [3.8, 4) is 0 Å². The largest absolute Gasteiger partial charge is 0.357 e. The quantitative estimate of drug-likeness (QED) is 0.704. The fraction of sp³-hybridized carbons (Fsp3) is 0.722. The normalized spacial score (nSPS) is 14.4. The third-order valence-corrected chi connectivity index (χ3v) is 4.06. The highest BCUT2D eigenvalue weighted by Gasteiger charge is 2.20. The lowest BCUT2D eigenvalue weighted by Crippen LogP contribution is -2.27. The van der Waals surface area contributed by atoms with E-state index in [0.29, 0.717) is 0 Å². The Balaban J connectivity index is 2.04. The minimum Gasteiger partial charge on any atom is -0.357 e. The number of unbranched alkanes of at least 4 members (excludes halogenated alkanes) is 2. The van der Waals surface area contributed by atoms with E-state index < -0.39 is 0 Å². The van der Waals surface area contributed by atoms with Crippen molar-refractivity contribution in [2.45, 2.75) is 71.9 Å². The first kappa shape index (κ1) is 16.3. The molecule has 0 saturated heterocycles. The van der Waals surface area contributed by atoms with E-state index in [2.05, 4.69) is 43.1 Å². The molecule has 1 fully saturated rings. The van der Waals surface area contributed by atoms with Crippen molar-refractivity contribution in [1.29, 1.82) is 0 Å². The topological polar surface area (TPSA) is 28.2 Å². The van der Waals surface area contributed by atoms with E-state index in [-0.39, 0.29) is 0 Å². The molecule has 0 radical (unpaired) electrons. The molecule has 1 aliphatic rings. The second-order valence-corrected chi connectivity index (χ2v) is 6.32. The fourth-order valence-corrected chi connectivity index (χ4v) is 2.57. The summed E-state index contributed by atoms with van der Waals surface area (Å²) in [5.74, 6) is 1.17. The molecule has 2 rings (SSSR count). The van der Waals surface area contributed by atoms with E-state index in [1.807, 2.05) is 0 Å². The van der Waals surface area contributed by atoms with Gasteiger partial charge < -0.3 is 10.2 Å². The number of pyridine rings is 1. The number of nitrogens with one attached hydrogen (secondary N) is 1. The highest BCUT2D eigenvalue weighted by Crippen LogP contribution is 2.21. The second kappa shape index (κ2) is 8.38. The van der Waals surface area contributed by atoms with Gasteiger partial charge in [0.1, 0.15) is 5.82 Å². The van der Waals surface area contributed by atoms with E-state index in [1.165, 1.54) is 49.9 Å². The first-order valence-corrected chi connectivity index (χ1v) is 8.68. The minimum absolute atomic E-state index is 0.762. The Labute approximate surface area is 130 Å². The van der Waals surface area contributed by atoms with E-state index in [9.17, 15) is 0 Å². The molecule has 0 aromatic carbocycles. The Hall–Kier alpha value is -1.09. The summed E-state index contributed by atoms with van der Waals surface area (Å²) >= 11 is 0. The molecule has 1 heterocycles. The van der Waals surface area contributed by atoms with Gasteiger partial charge in [0.15, 0.2) is 0 Å². The monoisotopic (exact) mass is 289 g/mol. The van der Waals surface area contributed by atoms with Crippen LogP contribution < -0.4 is 10.2 Å². The van der Waals surface area contributed by atoms with Crippen LogP contribution in [0.25, 0.3) is 0 Å². The Kier molecular flexibility index (Phi) is 6.50. The molecule has 1 N–H and O–H groups in total. The van der Waals surface area contributed by atoms with Crippen LogP contribution in [0.2, 0.25) is 0 Å². The molecule has 0 bridgehead atoms. The zero-order chi connectivity index (χ0) is 15.1. The van der Waals surface area contributed by atoms with Gasteiger partial charge in [-0.1, -0.05) is 26.7 Å². The Morgan fingerprint density at radius 3 is 2.38 bits per heavy atom. The van der Waals surface area contributed by atoms with Gasteiger partial charge in [-0.2, -0.15) is 0 Å². The van der Waals surface area contributed by atoms with E-state index in [1.54, 1.807) is 0 Å². The molecule has 0 aliphatic heterocycles. The maximum absolute atomic E-state index is 4.78. The Bertz CT molecular complexity index is 418. The number of anilines is 1. The van der Waals surface area contributed by atoms with Crippen LogP contribution in [0.5, 0.6) is 0 Å². The smallest absolute Gasteiger partial charge is 0.129 e. The summed E-state index contributed by atoms with van der Waals surface area (Å²) in [5.41, 5.74) is 2.51. The average Bonchev–Trinajstić information content (AvgIpc) is 3.29. The van der Waals surface area contributed by atoms with Crippen molar-refractivity contribution in [3.63, 3.8) is 0 Å². The molecule has 0 atom stereocenters. The molecular weight excluding hydrogens is 258 g/mol. The van der Waals surface area contributed by atoms with Gasteiger partial charge in [0, 0.05) is 31.4 Å². The third kappa shape index (κ3) is 5.66. The van der Waals surface area contributed by atoms with Crippen molar-refractivity contribution in [1.82, 2.24) is 10.3 Å². The number of aromatic nitrogens is 1. The van der Waals surface area contributed by atoms with Crippen LogP contribution in [0, 0.1) is 6.92 Å². The van der Waals surface area contributed by atoms with Crippen LogP contribution in [-0.2, 0) is 6.54 Å². The summed E-state index contributed by atoms with van der Waals surface area (Å²) in [6.45, 7) is 9.86. The molecule has 118 valence electrons. The second-order valence-electron chi connectivity index (χ2n) is 6.32. The van der Waals surface area contributed by atoms with Gasteiger partial charge in [0.25, 0.3) is 0 Å². The average molecular weight is 289 g/mol. The van der Waals surface area contributed by atoms with Crippen LogP contribution in [0.3, 0.4) is 0 Å². The maximum atomic E-state index is 4.78. The van der Waals surface area contributed by atoms with Crippen LogP contribution in [0.4, 0.5) is 5.82 Å². The first-order valence-electron chi connectivity index (χ1n) is 8.68. The van der Waals surface area contributed by atoms with Crippen molar-refractivity contribution < 1.29 is 0 Å². The number of aryl methyl sites for hydroxylation is 1. The predicted octanol–water partition coefficient (Wildman–Crippen LogP) is 4.05. The van der Waals surface area contributed by atoms with Crippen LogP contribution in [0.15, 0.2) is 12.1 Å². The summed E-state index contributed by atoms with van der Waals surface area (Å²) in [7, 11) is 0. The zero-order valence-electron chi connectivity index (χ0n) is 14.0. The molecular formula is C18H31N3. The highest BCUT2D eigenvalue weighted by molar-refractivity contribution is 5.42. The lowest BCUT2D eigenvalue weighted by Gasteiger charge is -2.24. The molecule has 1 aromatic rings. The van der Waals surface area contributed by atoms with Crippen LogP contribution in [-0.4, -0.2) is 24.1 Å². The van der Waals surface area contributed by atoms with Gasteiger partial charge in [-0.15, -0.1) is 0 Å². The number of nitrogens with zero attached hydrogens (tertiary/aromatic N) is 2. The van der Waals surface area contributed by atoms with Crippen molar-refractivity contribution in [2.24, 2.45) is 0 Å². The van der Waals surface area contributed by atoms with Crippen molar-refractivity contribution in [3.05, 3.63) is 23.4 Å². The fourth-order valence-electron chi connectivity index (χ4n) is 2.57. The van der Waals surface area contributed by atoms with Gasteiger partial charge in [-0.05, 0) is 50.3 Å². The number of rotatable bonds is 10.